The summed E-state index contributed by atoms with van der Waals surface area (Å²) < 4.78 is 0. The minimum Gasteiger partial charge on any atom is -0.258 e. The van der Waals surface area contributed by atoms with E-state index >= 15 is 0 Å². The lowest BCUT2D eigenvalue weighted by molar-refractivity contribution is -0.421. The van der Waals surface area contributed by atoms with Gasteiger partial charge in [0.05, 0.1) is 15.2 Å². The number of fused-ring (bicyclic) bond motifs is 8. The van der Waals surface area contributed by atoms with Crippen LogP contribution < -0.4 is 0 Å². The van der Waals surface area contributed by atoms with Crippen LogP contribution in [0.4, 0.5) is 11.4 Å². The van der Waals surface area contributed by atoms with Gasteiger partial charge in [0.2, 0.25) is 0 Å². The van der Waals surface area contributed by atoms with Crippen LogP contribution in [0.5, 0.6) is 0 Å². The maximum Gasteiger partial charge on any atom is 0.354 e. The van der Waals surface area contributed by atoms with Crippen LogP contribution in [0.2, 0.25) is 0 Å². The minimum atomic E-state index is -0.641. The van der Waals surface area contributed by atoms with Crippen molar-refractivity contribution in [2.45, 2.75) is 0 Å². The lowest BCUT2D eigenvalue weighted by atomic mass is 9.94. The predicted octanol–water partition coefficient (Wildman–Crippen LogP) is 7.30. The molecular formula is C26H12N2O4. The van der Waals surface area contributed by atoms with Gasteiger partial charge in [-0.25, -0.2) is 0 Å². The Kier molecular flexibility index (Phi) is 2.98. The summed E-state index contributed by atoms with van der Waals surface area (Å²) in [6, 6.07) is 22.9. The van der Waals surface area contributed by atoms with E-state index < -0.39 is 21.2 Å². The molecule has 150 valence electrons. The molecule has 0 saturated carbocycles. The summed E-state index contributed by atoms with van der Waals surface area (Å²) in [6.45, 7) is 0. The van der Waals surface area contributed by atoms with Crippen molar-refractivity contribution in [2.24, 2.45) is 0 Å². The van der Waals surface area contributed by atoms with E-state index in [1.807, 2.05) is 66.7 Å². The van der Waals surface area contributed by atoms with E-state index in [1.54, 1.807) is 0 Å². The van der Waals surface area contributed by atoms with Gasteiger partial charge in [-0.15, -0.1) is 0 Å². The van der Waals surface area contributed by atoms with Crippen molar-refractivity contribution in [3.63, 3.8) is 0 Å². The van der Waals surface area contributed by atoms with Crippen LogP contribution in [0.1, 0.15) is 0 Å². The van der Waals surface area contributed by atoms with Gasteiger partial charge in [0.15, 0.2) is 0 Å². The van der Waals surface area contributed by atoms with Gasteiger partial charge in [0.25, 0.3) is 0 Å². The molecular weight excluding hydrogens is 404 g/mol. The van der Waals surface area contributed by atoms with E-state index in [0.29, 0.717) is 10.8 Å². The van der Waals surface area contributed by atoms with E-state index in [1.165, 1.54) is 6.07 Å². The molecule has 0 radical (unpaired) electrons. The minimum absolute atomic E-state index is 0.357. The molecule has 0 atom stereocenters. The SMILES string of the molecule is O=[N+]([O-])c1cc2c3ccccc3c3c4cccc5c6ccccc6c(c(c1[N+](=O)[O-])c23)c54. The van der Waals surface area contributed by atoms with Gasteiger partial charge in [-0.2, -0.15) is 0 Å². The molecule has 0 aliphatic carbocycles. The van der Waals surface area contributed by atoms with Gasteiger partial charge < -0.3 is 0 Å². The van der Waals surface area contributed by atoms with E-state index in [4.69, 9.17) is 0 Å². The first-order valence-corrected chi connectivity index (χ1v) is 10.2. The highest BCUT2D eigenvalue weighted by molar-refractivity contribution is 6.49. The molecule has 0 unspecified atom stereocenters. The zero-order valence-corrected chi connectivity index (χ0v) is 16.5. The number of rotatable bonds is 2. The van der Waals surface area contributed by atoms with Crippen molar-refractivity contribution >= 4 is 76.0 Å². The molecule has 0 bridgehead atoms. The first-order valence-electron chi connectivity index (χ1n) is 10.2. The molecule has 0 amide bonds. The van der Waals surface area contributed by atoms with E-state index in [2.05, 4.69) is 0 Å². The average Bonchev–Trinajstić information content (AvgIpc) is 3.31. The van der Waals surface area contributed by atoms with Gasteiger partial charge in [-0.3, -0.25) is 20.2 Å². The molecule has 0 aliphatic rings. The van der Waals surface area contributed by atoms with Crippen LogP contribution >= 0.6 is 0 Å². The summed E-state index contributed by atoms with van der Waals surface area (Å²) in [6.07, 6.45) is 0. The highest BCUT2D eigenvalue weighted by Crippen LogP contribution is 2.54. The van der Waals surface area contributed by atoms with Crippen molar-refractivity contribution in [2.75, 3.05) is 0 Å². The molecule has 0 N–H and O–H groups in total. The Labute approximate surface area is 179 Å². The largest absolute Gasteiger partial charge is 0.354 e. The summed E-state index contributed by atoms with van der Waals surface area (Å²) in [4.78, 5) is 23.0. The molecule has 0 aromatic heterocycles. The first-order chi connectivity index (χ1) is 15.6. The maximum absolute atomic E-state index is 12.3. The molecule has 7 rings (SSSR count). The molecule has 0 heterocycles. The van der Waals surface area contributed by atoms with E-state index in [0.717, 1.165) is 53.9 Å². The summed E-state index contributed by atoms with van der Waals surface area (Å²) in [5.41, 5.74) is -0.913. The normalized spacial score (nSPS) is 12.2. The molecule has 0 saturated heterocycles. The second kappa shape index (κ2) is 5.56. The molecule has 0 fully saturated rings. The summed E-state index contributed by atoms with van der Waals surface area (Å²) in [7, 11) is 0. The van der Waals surface area contributed by atoms with Crippen LogP contribution in [0.3, 0.4) is 0 Å². The zero-order valence-electron chi connectivity index (χ0n) is 16.5. The maximum atomic E-state index is 12.3. The highest BCUT2D eigenvalue weighted by Gasteiger charge is 2.34. The van der Waals surface area contributed by atoms with Crippen molar-refractivity contribution in [1.82, 2.24) is 0 Å². The number of nitrogens with zero attached hydrogens (tertiary/aromatic N) is 2. The number of hydrogen-bond acceptors (Lipinski definition) is 4. The summed E-state index contributed by atoms with van der Waals surface area (Å²) >= 11 is 0. The molecule has 7 aromatic carbocycles. The van der Waals surface area contributed by atoms with Crippen LogP contribution in [0, 0.1) is 20.2 Å². The standard InChI is InChI=1S/C26H12N2O4/c29-27(30)20-12-19-14-7-2-3-8-15(14)22-18-11-5-10-16-13-6-1-4-9-17(13)23(21(16)18)25(24(19)22)26(20)28(31)32/h1-12H. The van der Waals surface area contributed by atoms with Gasteiger partial charge >= 0.3 is 11.4 Å². The van der Waals surface area contributed by atoms with Gasteiger partial charge in [0, 0.05) is 16.8 Å². The number of nitro benzene ring substituents is 2. The highest BCUT2D eigenvalue weighted by atomic mass is 16.6. The van der Waals surface area contributed by atoms with Gasteiger partial charge in [-0.1, -0.05) is 66.7 Å². The monoisotopic (exact) mass is 416 g/mol. The van der Waals surface area contributed by atoms with Crippen molar-refractivity contribution < 1.29 is 9.85 Å². The molecule has 0 aliphatic heterocycles. The third-order valence-corrected chi connectivity index (χ3v) is 6.72. The fraction of sp³-hybridized carbons (Fsp3) is 0. The van der Waals surface area contributed by atoms with Crippen LogP contribution in [-0.4, -0.2) is 9.85 Å². The molecule has 7 aromatic rings. The van der Waals surface area contributed by atoms with Gasteiger partial charge in [0.1, 0.15) is 0 Å². The summed E-state index contributed by atoms with van der Waals surface area (Å²) in [5.74, 6) is 0. The molecule has 32 heavy (non-hydrogen) atoms. The number of nitro groups is 2. The smallest absolute Gasteiger partial charge is 0.258 e. The first kappa shape index (κ1) is 17.1. The molecule has 0 spiro atoms. The molecule has 6 heteroatoms. The fourth-order valence-electron chi connectivity index (χ4n) is 5.63. The Hall–Kier alpha value is -4.58. The second-order valence-electron chi connectivity index (χ2n) is 8.13. The van der Waals surface area contributed by atoms with E-state index in [-0.39, 0.29) is 0 Å². The van der Waals surface area contributed by atoms with Crippen LogP contribution in [-0.2, 0) is 0 Å². The lowest BCUT2D eigenvalue weighted by Gasteiger charge is -2.08. The number of benzene rings is 5. The summed E-state index contributed by atoms with van der Waals surface area (Å²) in [5, 5.41) is 34.3. The Morgan fingerprint density at radius 3 is 1.53 bits per heavy atom. The Bertz CT molecular complexity index is 1940. The van der Waals surface area contributed by atoms with Crippen molar-refractivity contribution in [3.8, 4) is 0 Å². The topological polar surface area (TPSA) is 86.3 Å². The van der Waals surface area contributed by atoms with Crippen molar-refractivity contribution in [3.05, 3.63) is 93.0 Å². The quantitative estimate of drug-likeness (QED) is 0.168. The Morgan fingerprint density at radius 1 is 0.469 bits per heavy atom. The Balaban J connectivity index is 2.01. The number of hydrogen-bond donors (Lipinski definition) is 0. The lowest BCUT2D eigenvalue weighted by Crippen LogP contribution is -1.98. The van der Waals surface area contributed by atoms with E-state index in [9.17, 15) is 20.2 Å². The third kappa shape index (κ3) is 1.81. The third-order valence-electron chi connectivity index (χ3n) is 6.72. The van der Waals surface area contributed by atoms with Crippen LogP contribution in [0.15, 0.2) is 72.8 Å². The average molecular weight is 416 g/mol. The molecule has 6 nitrogen and oxygen atoms in total. The fourth-order valence-corrected chi connectivity index (χ4v) is 5.63. The second-order valence-corrected chi connectivity index (χ2v) is 8.13. The zero-order chi connectivity index (χ0) is 21.7. The van der Waals surface area contributed by atoms with Crippen LogP contribution in [0.25, 0.3) is 64.6 Å². The predicted molar refractivity (Wildman–Crippen MR) is 127 cm³/mol. The van der Waals surface area contributed by atoms with Crippen molar-refractivity contribution in [1.29, 1.82) is 0 Å². The van der Waals surface area contributed by atoms with Gasteiger partial charge in [-0.05, 0) is 48.5 Å². The Morgan fingerprint density at radius 2 is 0.938 bits per heavy atom.